The van der Waals surface area contributed by atoms with E-state index in [0.29, 0.717) is 17.7 Å². The first-order chi connectivity index (χ1) is 14.4. The molecule has 4 rings (SSSR count). The van der Waals surface area contributed by atoms with Gasteiger partial charge < -0.3 is 14.6 Å². The van der Waals surface area contributed by atoms with Gasteiger partial charge in [0.1, 0.15) is 5.75 Å². The van der Waals surface area contributed by atoms with E-state index in [4.69, 9.17) is 9.47 Å². The molecular weight excluding hydrogens is 424 g/mol. The molecule has 0 radical (unpaired) electrons. The Morgan fingerprint density at radius 1 is 1.33 bits per heavy atom. The molecular formula is C21H24N2O5S2. The highest BCUT2D eigenvalue weighted by Gasteiger charge is 2.40. The topological polar surface area (TPSA) is 90.7 Å². The lowest BCUT2D eigenvalue weighted by atomic mass is 10.1. The largest absolute Gasteiger partial charge is 0.495 e. The van der Waals surface area contributed by atoms with Gasteiger partial charge in [-0.2, -0.15) is 0 Å². The molecule has 2 aromatic heterocycles. The van der Waals surface area contributed by atoms with Gasteiger partial charge in [0.2, 0.25) is 0 Å². The van der Waals surface area contributed by atoms with Crippen LogP contribution < -0.4 is 4.74 Å². The summed E-state index contributed by atoms with van der Waals surface area (Å²) < 4.78 is 39.4. The molecule has 0 spiro atoms. The fourth-order valence-corrected chi connectivity index (χ4v) is 6.11. The fraction of sp³-hybridized carbons (Fsp3) is 0.381. The molecule has 3 heterocycles. The summed E-state index contributed by atoms with van der Waals surface area (Å²) in [6.45, 7) is 0.652. The first-order valence-corrected chi connectivity index (χ1v) is 12.3. The summed E-state index contributed by atoms with van der Waals surface area (Å²) in [7, 11) is -2.48. The van der Waals surface area contributed by atoms with Crippen molar-refractivity contribution in [1.29, 1.82) is 0 Å². The van der Waals surface area contributed by atoms with Crippen LogP contribution in [0.5, 0.6) is 5.75 Å². The Kier molecular flexibility index (Phi) is 5.80. The summed E-state index contributed by atoms with van der Waals surface area (Å²) in [6, 6.07) is 11.6. The molecule has 3 aromatic rings. The van der Waals surface area contributed by atoms with Gasteiger partial charge in [-0.15, -0.1) is 11.8 Å². The maximum absolute atomic E-state index is 13.6. The van der Waals surface area contributed by atoms with Crippen LogP contribution in [0.25, 0.3) is 11.0 Å². The molecule has 2 atom stereocenters. The summed E-state index contributed by atoms with van der Waals surface area (Å²) >= 11 is 1.19. The third-order valence-corrected chi connectivity index (χ3v) is 8.13. The highest BCUT2D eigenvalue weighted by Crippen LogP contribution is 2.42. The van der Waals surface area contributed by atoms with Crippen LogP contribution in [0, 0.1) is 0 Å². The van der Waals surface area contributed by atoms with Gasteiger partial charge in [-0.3, -0.25) is 0 Å². The minimum atomic E-state index is -4.00. The smallest absolute Gasteiger partial charge is 0.269 e. The van der Waals surface area contributed by atoms with Crippen molar-refractivity contribution >= 4 is 32.8 Å². The predicted molar refractivity (Wildman–Crippen MR) is 116 cm³/mol. The quantitative estimate of drug-likeness (QED) is 0.554. The molecule has 160 valence electrons. The average molecular weight is 449 g/mol. The lowest BCUT2D eigenvalue weighted by molar-refractivity contribution is 0.0335. The third-order valence-electron chi connectivity index (χ3n) is 5.36. The number of rotatable bonds is 7. The Balaban J connectivity index is 1.95. The van der Waals surface area contributed by atoms with E-state index >= 15 is 0 Å². The van der Waals surface area contributed by atoms with Crippen molar-refractivity contribution in [2.24, 2.45) is 0 Å². The van der Waals surface area contributed by atoms with Crippen LogP contribution >= 0.6 is 11.8 Å². The lowest BCUT2D eigenvalue weighted by Crippen LogP contribution is -2.32. The van der Waals surface area contributed by atoms with Crippen molar-refractivity contribution in [3.05, 3.63) is 54.4 Å². The summed E-state index contributed by atoms with van der Waals surface area (Å²) in [4.78, 5) is 3.01. The standard InChI is InChI=1S/C21H24N2O5S2/c1-27-17-11-15-12-19(21(24,29-2)13-16-7-6-10-28-16)23(20(15)22-14-17)30(25,26)18-8-4-3-5-9-18/h3-5,8-9,11-12,14,16,24H,6-7,10,13H2,1-2H3. The van der Waals surface area contributed by atoms with Crippen molar-refractivity contribution in [3.63, 3.8) is 0 Å². The molecule has 7 nitrogen and oxygen atoms in total. The molecule has 0 amide bonds. The van der Waals surface area contributed by atoms with Gasteiger partial charge in [0.25, 0.3) is 10.0 Å². The minimum Gasteiger partial charge on any atom is -0.495 e. The van der Waals surface area contributed by atoms with Gasteiger partial charge in [-0.25, -0.2) is 17.4 Å². The zero-order valence-electron chi connectivity index (χ0n) is 16.8. The van der Waals surface area contributed by atoms with Crippen LogP contribution in [0.1, 0.15) is 25.0 Å². The summed E-state index contributed by atoms with van der Waals surface area (Å²) in [5, 5.41) is 12.2. The Morgan fingerprint density at radius 3 is 2.73 bits per heavy atom. The van der Waals surface area contributed by atoms with Crippen molar-refractivity contribution in [2.45, 2.75) is 35.2 Å². The minimum absolute atomic E-state index is 0.127. The van der Waals surface area contributed by atoms with Crippen LogP contribution in [0.15, 0.2) is 53.6 Å². The number of pyridine rings is 1. The second kappa shape index (κ2) is 8.22. The molecule has 1 N–H and O–H groups in total. The van der Waals surface area contributed by atoms with Crippen molar-refractivity contribution in [3.8, 4) is 5.75 Å². The molecule has 9 heteroatoms. The Morgan fingerprint density at radius 2 is 2.10 bits per heavy atom. The predicted octanol–water partition coefficient (Wildman–Crippen LogP) is 3.36. The Labute approximate surface area is 180 Å². The molecule has 2 unspecified atom stereocenters. The van der Waals surface area contributed by atoms with Crippen molar-refractivity contribution in [1.82, 2.24) is 8.96 Å². The van der Waals surface area contributed by atoms with Crippen molar-refractivity contribution < 1.29 is 23.0 Å². The zero-order valence-corrected chi connectivity index (χ0v) is 18.4. The molecule has 1 saturated heterocycles. The van der Waals surface area contributed by atoms with Crippen LogP contribution in [-0.2, 0) is 19.7 Å². The molecule has 0 bridgehead atoms. The van der Waals surface area contributed by atoms with Gasteiger partial charge in [0, 0.05) is 18.4 Å². The van der Waals surface area contributed by atoms with E-state index in [1.54, 1.807) is 36.6 Å². The average Bonchev–Trinajstić information content (AvgIpc) is 3.41. The van der Waals surface area contributed by atoms with E-state index in [1.807, 2.05) is 0 Å². The van der Waals surface area contributed by atoms with E-state index in [1.165, 1.54) is 37.2 Å². The van der Waals surface area contributed by atoms with Crippen LogP contribution in [-0.4, -0.2) is 48.6 Å². The zero-order chi connectivity index (χ0) is 21.4. The van der Waals surface area contributed by atoms with Crippen LogP contribution in [0.4, 0.5) is 0 Å². The van der Waals surface area contributed by atoms with Gasteiger partial charge in [-0.05, 0) is 43.4 Å². The van der Waals surface area contributed by atoms with E-state index in [9.17, 15) is 13.5 Å². The SMILES string of the molecule is COc1cnc2c(c1)cc(C(O)(CC1CCCO1)SC)n2S(=O)(=O)c1ccccc1. The fourth-order valence-electron chi connectivity index (χ4n) is 3.78. The number of thioether (sulfide) groups is 1. The lowest BCUT2D eigenvalue weighted by Gasteiger charge is -2.29. The number of aromatic nitrogens is 2. The summed E-state index contributed by atoms with van der Waals surface area (Å²) in [5.41, 5.74) is 0.500. The number of hydrogen-bond donors (Lipinski definition) is 1. The maximum Gasteiger partial charge on any atom is 0.269 e. The van der Waals surface area contributed by atoms with Gasteiger partial charge in [0.05, 0.1) is 30.0 Å². The number of nitrogens with zero attached hydrogens (tertiary/aromatic N) is 2. The van der Waals surface area contributed by atoms with E-state index in [0.717, 1.165) is 16.8 Å². The Bertz CT molecular complexity index is 1140. The van der Waals surface area contributed by atoms with Crippen molar-refractivity contribution in [2.75, 3.05) is 20.0 Å². The summed E-state index contributed by atoms with van der Waals surface area (Å²) in [5.74, 6) is 0.509. The molecule has 1 aromatic carbocycles. The molecule has 1 aliphatic heterocycles. The Hall–Kier alpha value is -2.07. The molecule has 0 aliphatic carbocycles. The normalized spacial score (nSPS) is 19.1. The monoisotopic (exact) mass is 448 g/mol. The highest BCUT2D eigenvalue weighted by molar-refractivity contribution is 7.99. The van der Waals surface area contributed by atoms with Gasteiger partial charge in [0.15, 0.2) is 10.6 Å². The van der Waals surface area contributed by atoms with E-state index < -0.39 is 15.0 Å². The highest BCUT2D eigenvalue weighted by atomic mass is 32.2. The number of aliphatic hydroxyl groups is 1. The number of fused-ring (bicyclic) bond motifs is 1. The maximum atomic E-state index is 13.6. The summed E-state index contributed by atoms with van der Waals surface area (Å²) in [6.07, 6.45) is 5.16. The number of methoxy groups -OCH3 is 1. The number of hydrogen-bond acceptors (Lipinski definition) is 7. The molecule has 30 heavy (non-hydrogen) atoms. The van der Waals surface area contributed by atoms with E-state index in [-0.39, 0.29) is 28.8 Å². The van der Waals surface area contributed by atoms with E-state index in [2.05, 4.69) is 4.98 Å². The molecule has 0 saturated carbocycles. The molecule has 1 aliphatic rings. The third kappa shape index (κ3) is 3.71. The van der Waals surface area contributed by atoms with Crippen LogP contribution in [0.3, 0.4) is 0 Å². The molecule has 1 fully saturated rings. The van der Waals surface area contributed by atoms with Gasteiger partial charge >= 0.3 is 0 Å². The number of ether oxygens (including phenoxy) is 2. The van der Waals surface area contributed by atoms with Gasteiger partial charge in [-0.1, -0.05) is 18.2 Å². The second-order valence-electron chi connectivity index (χ2n) is 7.23. The first kappa shape index (κ1) is 21.2. The number of benzene rings is 1. The van der Waals surface area contributed by atoms with Crippen LogP contribution in [0.2, 0.25) is 0 Å². The first-order valence-electron chi connectivity index (χ1n) is 9.65. The second-order valence-corrected chi connectivity index (χ2v) is 10.1.